The highest BCUT2D eigenvalue weighted by atomic mass is 35.5. The number of ether oxygens (including phenoxy) is 2. The summed E-state index contributed by atoms with van der Waals surface area (Å²) < 4.78 is 27.1. The van der Waals surface area contributed by atoms with Crippen LogP contribution in [0.15, 0.2) is 72.8 Å². The normalized spacial score (nSPS) is 13.7. The van der Waals surface area contributed by atoms with E-state index in [0.717, 1.165) is 5.56 Å². The maximum absolute atomic E-state index is 14.6. The highest BCUT2D eigenvalue weighted by molar-refractivity contribution is 6.31. The van der Waals surface area contributed by atoms with E-state index < -0.39 is 17.7 Å². The summed E-state index contributed by atoms with van der Waals surface area (Å²) in [6.45, 7) is 3.09. The molecule has 0 spiro atoms. The number of halogens is 2. The van der Waals surface area contributed by atoms with Gasteiger partial charge in [-0.3, -0.25) is 14.3 Å². The summed E-state index contributed by atoms with van der Waals surface area (Å²) in [5, 5.41) is 11.7. The second-order valence-electron chi connectivity index (χ2n) is 9.14. The van der Waals surface area contributed by atoms with Crippen molar-refractivity contribution in [2.75, 3.05) is 26.3 Å². The lowest BCUT2D eigenvalue weighted by molar-refractivity contribution is 0.0328. The molecule has 5 rings (SSSR count). The van der Waals surface area contributed by atoms with E-state index >= 15 is 0 Å². The molecule has 0 aliphatic carbocycles. The Morgan fingerprint density at radius 2 is 1.68 bits per heavy atom. The highest BCUT2D eigenvalue weighted by Crippen LogP contribution is 2.26. The first-order valence-corrected chi connectivity index (χ1v) is 13.1. The van der Waals surface area contributed by atoms with Crippen LogP contribution in [0.1, 0.15) is 33.1 Å². The van der Waals surface area contributed by atoms with Crippen LogP contribution >= 0.6 is 11.6 Å². The van der Waals surface area contributed by atoms with Gasteiger partial charge >= 0.3 is 6.09 Å². The summed E-state index contributed by atoms with van der Waals surface area (Å²) in [4.78, 5) is 28.2. The van der Waals surface area contributed by atoms with Crippen LogP contribution in [0.4, 0.5) is 9.18 Å². The Labute approximate surface area is 235 Å². The Hall–Kier alpha value is -4.12. The first-order valence-electron chi connectivity index (χ1n) is 12.8. The molecule has 0 radical (unpaired) electrons. The quantitative estimate of drug-likeness (QED) is 0.298. The van der Waals surface area contributed by atoms with Crippen molar-refractivity contribution in [3.05, 3.63) is 112 Å². The number of alkyl carbamates (subject to hydrolysis) is 1. The third-order valence-corrected chi connectivity index (χ3v) is 6.67. The van der Waals surface area contributed by atoms with Gasteiger partial charge < -0.3 is 14.8 Å². The Morgan fingerprint density at radius 3 is 2.45 bits per heavy atom. The Morgan fingerprint density at radius 1 is 0.950 bits per heavy atom. The number of morpholine rings is 1. The molecule has 0 saturated carbocycles. The molecule has 3 aromatic carbocycles. The molecule has 4 aromatic rings. The van der Waals surface area contributed by atoms with E-state index in [1.807, 2.05) is 30.3 Å². The van der Waals surface area contributed by atoms with Crippen molar-refractivity contribution in [2.45, 2.75) is 19.7 Å². The van der Waals surface area contributed by atoms with Crippen LogP contribution in [0.5, 0.6) is 0 Å². The largest absolute Gasteiger partial charge is 0.445 e. The smallest absolute Gasteiger partial charge is 0.407 e. The van der Waals surface area contributed by atoms with Gasteiger partial charge in [0, 0.05) is 23.7 Å². The minimum Gasteiger partial charge on any atom is -0.445 e. The standard InChI is InChI=1S/C29H27ClFN5O4/c30-21-10-11-25(23(16-21)28(37)22-8-4-5-9-24(22)31)36-26(33-34-27(36)18-35-12-14-39-15-13-35)17-32-29(38)40-19-20-6-2-1-3-7-20/h1-11,16H,12-15,17-19H2,(H,32,38). The second kappa shape index (κ2) is 12.8. The molecule has 0 unspecified atom stereocenters. The van der Waals surface area contributed by atoms with Crippen LogP contribution in [-0.4, -0.2) is 57.8 Å². The molecule has 11 heteroatoms. The molecule has 1 aliphatic heterocycles. The van der Waals surface area contributed by atoms with Crippen molar-refractivity contribution in [3.8, 4) is 5.69 Å². The SMILES string of the molecule is O=C(NCc1nnc(CN2CCOCC2)n1-c1ccc(Cl)cc1C(=O)c1ccccc1F)OCc1ccccc1. The van der Waals surface area contributed by atoms with Crippen LogP contribution in [-0.2, 0) is 29.2 Å². The van der Waals surface area contributed by atoms with Crippen molar-refractivity contribution in [1.82, 2.24) is 25.0 Å². The van der Waals surface area contributed by atoms with Gasteiger partial charge in [0.1, 0.15) is 12.4 Å². The summed E-state index contributed by atoms with van der Waals surface area (Å²) in [6.07, 6.45) is -0.633. The van der Waals surface area contributed by atoms with Crippen LogP contribution in [0.3, 0.4) is 0 Å². The predicted molar refractivity (Wildman–Crippen MR) is 146 cm³/mol. The molecule has 2 heterocycles. The van der Waals surface area contributed by atoms with E-state index in [9.17, 15) is 14.0 Å². The molecule has 0 bridgehead atoms. The zero-order valence-corrected chi connectivity index (χ0v) is 22.3. The third-order valence-electron chi connectivity index (χ3n) is 6.43. The lowest BCUT2D eigenvalue weighted by Crippen LogP contribution is -2.36. The Balaban J connectivity index is 1.46. The number of hydrogen-bond donors (Lipinski definition) is 1. The average Bonchev–Trinajstić information content (AvgIpc) is 3.37. The number of rotatable bonds is 9. The summed E-state index contributed by atoms with van der Waals surface area (Å²) in [5.41, 5.74) is 1.36. The Bertz CT molecular complexity index is 1490. The maximum atomic E-state index is 14.6. The average molecular weight is 564 g/mol. The summed E-state index contributed by atoms with van der Waals surface area (Å²) >= 11 is 6.29. The second-order valence-corrected chi connectivity index (χ2v) is 9.58. The van der Waals surface area contributed by atoms with Crippen LogP contribution in [0.25, 0.3) is 5.69 Å². The lowest BCUT2D eigenvalue weighted by Gasteiger charge is -2.26. The number of aromatic nitrogens is 3. The van der Waals surface area contributed by atoms with Crippen molar-refractivity contribution in [2.24, 2.45) is 0 Å². The summed E-state index contributed by atoms with van der Waals surface area (Å²) in [7, 11) is 0. The van der Waals surface area contributed by atoms with Crippen LogP contribution in [0, 0.1) is 5.82 Å². The number of nitrogens with one attached hydrogen (secondary N) is 1. The van der Waals surface area contributed by atoms with Crippen molar-refractivity contribution in [1.29, 1.82) is 0 Å². The number of ketones is 1. The summed E-state index contributed by atoms with van der Waals surface area (Å²) in [5.74, 6) is -0.271. The molecular formula is C29H27ClFN5O4. The molecule has 1 fully saturated rings. The van der Waals surface area contributed by atoms with Gasteiger partial charge in [0.05, 0.1) is 37.6 Å². The molecule has 1 saturated heterocycles. The lowest BCUT2D eigenvalue weighted by atomic mass is 10.0. The fourth-order valence-electron chi connectivity index (χ4n) is 4.41. The zero-order valence-electron chi connectivity index (χ0n) is 21.6. The molecule has 1 aliphatic rings. The van der Waals surface area contributed by atoms with E-state index in [2.05, 4.69) is 20.4 Å². The van der Waals surface area contributed by atoms with E-state index in [-0.39, 0.29) is 24.3 Å². The minimum atomic E-state index is -0.640. The van der Waals surface area contributed by atoms with Gasteiger partial charge in [0.25, 0.3) is 0 Å². The van der Waals surface area contributed by atoms with Gasteiger partial charge in [-0.1, -0.05) is 54.1 Å². The van der Waals surface area contributed by atoms with Gasteiger partial charge in [-0.05, 0) is 35.9 Å². The monoisotopic (exact) mass is 563 g/mol. The molecule has 1 aromatic heterocycles. The zero-order chi connectivity index (χ0) is 27.9. The van der Waals surface area contributed by atoms with E-state index in [4.69, 9.17) is 21.1 Å². The van der Waals surface area contributed by atoms with Crippen LogP contribution < -0.4 is 5.32 Å². The van der Waals surface area contributed by atoms with Crippen molar-refractivity contribution >= 4 is 23.5 Å². The number of carbonyl (C=O) groups is 2. The van der Waals surface area contributed by atoms with Gasteiger partial charge in [0.15, 0.2) is 17.4 Å². The number of hydrogen-bond acceptors (Lipinski definition) is 7. The first-order chi connectivity index (χ1) is 19.5. The van der Waals surface area contributed by atoms with Gasteiger partial charge in [-0.2, -0.15) is 0 Å². The van der Waals surface area contributed by atoms with Crippen molar-refractivity contribution < 1.29 is 23.5 Å². The fraction of sp³-hybridized carbons (Fsp3) is 0.241. The Kier molecular flexibility index (Phi) is 8.80. The van der Waals surface area contributed by atoms with Gasteiger partial charge in [-0.15, -0.1) is 10.2 Å². The topological polar surface area (TPSA) is 98.6 Å². The first kappa shape index (κ1) is 27.4. The van der Waals surface area contributed by atoms with Crippen LogP contribution in [0.2, 0.25) is 5.02 Å². The summed E-state index contributed by atoms with van der Waals surface area (Å²) in [6, 6.07) is 19.9. The number of carbonyl (C=O) groups excluding carboxylic acids is 2. The molecule has 1 amide bonds. The highest BCUT2D eigenvalue weighted by Gasteiger charge is 2.24. The number of benzene rings is 3. The minimum absolute atomic E-state index is 0.0281. The molecule has 0 atom stereocenters. The predicted octanol–water partition coefficient (Wildman–Crippen LogP) is 4.55. The van der Waals surface area contributed by atoms with E-state index in [0.29, 0.717) is 55.2 Å². The molecular weight excluding hydrogens is 537 g/mol. The van der Waals surface area contributed by atoms with Gasteiger partial charge in [0.2, 0.25) is 0 Å². The number of nitrogens with zero attached hydrogens (tertiary/aromatic N) is 4. The molecule has 1 N–H and O–H groups in total. The molecule has 9 nitrogen and oxygen atoms in total. The molecule has 40 heavy (non-hydrogen) atoms. The number of amides is 1. The third kappa shape index (κ3) is 6.53. The van der Waals surface area contributed by atoms with E-state index in [1.54, 1.807) is 22.8 Å². The fourth-order valence-corrected chi connectivity index (χ4v) is 4.58. The van der Waals surface area contributed by atoms with Crippen molar-refractivity contribution in [3.63, 3.8) is 0 Å². The van der Waals surface area contributed by atoms with E-state index in [1.165, 1.54) is 24.3 Å². The maximum Gasteiger partial charge on any atom is 0.407 e. The molecule has 206 valence electrons. The van der Waals surface area contributed by atoms with Gasteiger partial charge in [-0.25, -0.2) is 9.18 Å².